The number of imidazole rings is 1. The highest BCUT2D eigenvalue weighted by Crippen LogP contribution is 2.15. The van der Waals surface area contributed by atoms with Crippen molar-refractivity contribution in [1.29, 1.82) is 0 Å². The summed E-state index contributed by atoms with van der Waals surface area (Å²) in [5, 5.41) is 17.6. The van der Waals surface area contributed by atoms with E-state index in [2.05, 4.69) is 15.3 Å². The predicted octanol–water partition coefficient (Wildman–Crippen LogP) is -0.175. The Morgan fingerprint density at radius 1 is 1.47 bits per heavy atom. The van der Waals surface area contributed by atoms with Crippen LogP contribution in [0.15, 0.2) is 18.7 Å². The van der Waals surface area contributed by atoms with Gasteiger partial charge in [0, 0.05) is 26.7 Å². The lowest BCUT2D eigenvalue weighted by atomic mass is 10.1. The minimum atomic E-state index is -0.589. The molecule has 0 fully saturated rings. The highest BCUT2D eigenvalue weighted by Gasteiger charge is 2.13. The standard InChI is InChI=1S/C9H13N5O/c1-13-6-10-4-8(13)9(15)3-7-5-14(2)12-11-7/h4-6,9,15H,3H2,1-2H3. The Labute approximate surface area is 87.2 Å². The summed E-state index contributed by atoms with van der Waals surface area (Å²) in [6.45, 7) is 0. The van der Waals surface area contributed by atoms with E-state index in [9.17, 15) is 5.11 Å². The summed E-state index contributed by atoms with van der Waals surface area (Å²) in [5.74, 6) is 0. The minimum absolute atomic E-state index is 0.452. The summed E-state index contributed by atoms with van der Waals surface area (Å²) in [5.41, 5.74) is 1.55. The second-order valence-corrected chi connectivity index (χ2v) is 3.53. The van der Waals surface area contributed by atoms with Gasteiger partial charge in [0.05, 0.1) is 23.9 Å². The van der Waals surface area contributed by atoms with Crippen molar-refractivity contribution < 1.29 is 5.11 Å². The predicted molar refractivity (Wildman–Crippen MR) is 52.9 cm³/mol. The Balaban J connectivity index is 2.10. The number of nitrogens with zero attached hydrogens (tertiary/aromatic N) is 5. The van der Waals surface area contributed by atoms with E-state index in [-0.39, 0.29) is 0 Å². The lowest BCUT2D eigenvalue weighted by molar-refractivity contribution is 0.169. The number of aryl methyl sites for hydroxylation is 2. The Morgan fingerprint density at radius 2 is 2.27 bits per heavy atom. The van der Waals surface area contributed by atoms with Crippen molar-refractivity contribution in [1.82, 2.24) is 24.5 Å². The van der Waals surface area contributed by atoms with Gasteiger partial charge < -0.3 is 9.67 Å². The first kappa shape index (κ1) is 9.85. The van der Waals surface area contributed by atoms with Crippen molar-refractivity contribution >= 4 is 0 Å². The fourth-order valence-electron chi connectivity index (χ4n) is 1.48. The van der Waals surface area contributed by atoms with Crippen LogP contribution in [0.4, 0.5) is 0 Å². The highest BCUT2D eigenvalue weighted by molar-refractivity contribution is 5.06. The van der Waals surface area contributed by atoms with Crippen LogP contribution in [0.25, 0.3) is 0 Å². The molecule has 0 aromatic carbocycles. The van der Waals surface area contributed by atoms with Crippen LogP contribution < -0.4 is 0 Å². The lowest BCUT2D eigenvalue weighted by Gasteiger charge is -2.08. The summed E-state index contributed by atoms with van der Waals surface area (Å²) in [7, 11) is 3.65. The quantitative estimate of drug-likeness (QED) is 0.758. The molecule has 1 unspecified atom stereocenters. The van der Waals surface area contributed by atoms with Crippen molar-refractivity contribution in [2.75, 3.05) is 0 Å². The largest absolute Gasteiger partial charge is 0.386 e. The number of aliphatic hydroxyl groups is 1. The Kier molecular flexibility index (Phi) is 2.51. The maximum absolute atomic E-state index is 9.92. The van der Waals surface area contributed by atoms with Gasteiger partial charge in [0.25, 0.3) is 0 Å². The van der Waals surface area contributed by atoms with Gasteiger partial charge in [0.2, 0.25) is 0 Å². The van der Waals surface area contributed by atoms with Crippen LogP contribution >= 0.6 is 0 Å². The van der Waals surface area contributed by atoms with Gasteiger partial charge in [0.15, 0.2) is 0 Å². The van der Waals surface area contributed by atoms with Crippen LogP contribution in [0.1, 0.15) is 17.5 Å². The molecule has 0 saturated heterocycles. The summed E-state index contributed by atoms with van der Waals surface area (Å²) < 4.78 is 3.41. The maximum Gasteiger partial charge on any atom is 0.101 e. The third-order valence-corrected chi connectivity index (χ3v) is 2.25. The van der Waals surface area contributed by atoms with E-state index >= 15 is 0 Å². The van der Waals surface area contributed by atoms with Gasteiger partial charge in [-0.1, -0.05) is 5.21 Å². The molecule has 0 amide bonds. The van der Waals surface area contributed by atoms with Gasteiger partial charge in [-0.05, 0) is 0 Å². The molecule has 1 N–H and O–H groups in total. The molecule has 15 heavy (non-hydrogen) atoms. The first-order valence-corrected chi connectivity index (χ1v) is 4.66. The van der Waals surface area contributed by atoms with Crippen molar-refractivity contribution in [3.63, 3.8) is 0 Å². The van der Waals surface area contributed by atoms with Crippen molar-refractivity contribution in [2.24, 2.45) is 14.1 Å². The zero-order chi connectivity index (χ0) is 10.8. The molecule has 0 aliphatic carbocycles. The number of aromatic nitrogens is 5. The second-order valence-electron chi connectivity index (χ2n) is 3.53. The van der Waals surface area contributed by atoms with Crippen molar-refractivity contribution in [2.45, 2.75) is 12.5 Å². The van der Waals surface area contributed by atoms with Crippen LogP contribution in [0.5, 0.6) is 0 Å². The summed E-state index contributed by atoms with van der Waals surface area (Å²) in [6, 6.07) is 0. The van der Waals surface area contributed by atoms with E-state index in [4.69, 9.17) is 0 Å². The topological polar surface area (TPSA) is 68.8 Å². The fraction of sp³-hybridized carbons (Fsp3) is 0.444. The maximum atomic E-state index is 9.92. The van der Waals surface area contributed by atoms with E-state index < -0.39 is 6.10 Å². The third kappa shape index (κ3) is 2.04. The molecule has 0 aliphatic rings. The molecule has 2 rings (SSSR count). The molecule has 0 saturated carbocycles. The molecule has 80 valence electrons. The van der Waals surface area contributed by atoms with E-state index in [1.165, 1.54) is 0 Å². The van der Waals surface area contributed by atoms with Gasteiger partial charge in [0.1, 0.15) is 6.10 Å². The second kappa shape index (κ2) is 3.82. The molecule has 2 aromatic rings. The third-order valence-electron chi connectivity index (χ3n) is 2.25. The number of hydrogen-bond acceptors (Lipinski definition) is 4. The molecule has 6 heteroatoms. The Morgan fingerprint density at radius 3 is 2.80 bits per heavy atom. The van der Waals surface area contributed by atoms with E-state index in [1.54, 1.807) is 35.0 Å². The molecule has 0 radical (unpaired) electrons. The molecular weight excluding hydrogens is 194 g/mol. The normalized spacial score (nSPS) is 13.0. The fourth-order valence-corrected chi connectivity index (χ4v) is 1.48. The van der Waals surface area contributed by atoms with Crippen LogP contribution in [-0.2, 0) is 20.5 Å². The smallest absolute Gasteiger partial charge is 0.101 e. The molecule has 0 aliphatic heterocycles. The first-order valence-electron chi connectivity index (χ1n) is 4.66. The first-order chi connectivity index (χ1) is 7.16. The van der Waals surface area contributed by atoms with Gasteiger partial charge in [-0.15, -0.1) is 5.10 Å². The van der Waals surface area contributed by atoms with Crippen molar-refractivity contribution in [3.8, 4) is 0 Å². The summed E-state index contributed by atoms with van der Waals surface area (Å²) in [6.07, 6.45) is 4.97. The molecule has 1 atom stereocenters. The highest BCUT2D eigenvalue weighted by atomic mass is 16.3. The average molecular weight is 207 g/mol. The summed E-state index contributed by atoms with van der Waals surface area (Å²) >= 11 is 0. The Bertz CT molecular complexity index is 447. The van der Waals surface area contributed by atoms with E-state index in [1.807, 2.05) is 7.05 Å². The molecule has 2 aromatic heterocycles. The van der Waals surface area contributed by atoms with Crippen LogP contribution in [-0.4, -0.2) is 29.7 Å². The van der Waals surface area contributed by atoms with Crippen LogP contribution in [0.3, 0.4) is 0 Å². The number of hydrogen-bond donors (Lipinski definition) is 1. The molecule has 6 nitrogen and oxygen atoms in total. The van der Waals surface area contributed by atoms with Crippen LogP contribution in [0.2, 0.25) is 0 Å². The average Bonchev–Trinajstić information content (AvgIpc) is 2.75. The molecule has 2 heterocycles. The van der Waals surface area contributed by atoms with E-state index in [0.717, 1.165) is 11.4 Å². The summed E-state index contributed by atoms with van der Waals surface area (Å²) in [4.78, 5) is 3.95. The zero-order valence-corrected chi connectivity index (χ0v) is 8.70. The van der Waals surface area contributed by atoms with Crippen molar-refractivity contribution in [3.05, 3.63) is 30.1 Å². The van der Waals surface area contributed by atoms with Crippen LogP contribution in [0, 0.1) is 0 Å². The number of rotatable bonds is 3. The lowest BCUT2D eigenvalue weighted by Crippen LogP contribution is -2.06. The van der Waals surface area contributed by atoms with Gasteiger partial charge in [-0.25, -0.2) is 4.98 Å². The monoisotopic (exact) mass is 207 g/mol. The minimum Gasteiger partial charge on any atom is -0.386 e. The van der Waals surface area contributed by atoms with E-state index in [0.29, 0.717) is 6.42 Å². The SMILES string of the molecule is Cn1cc(CC(O)c2cncn2C)nn1. The van der Waals surface area contributed by atoms with Gasteiger partial charge in [-0.2, -0.15) is 0 Å². The Hall–Kier alpha value is -1.69. The molecular formula is C9H13N5O. The zero-order valence-electron chi connectivity index (χ0n) is 8.70. The number of aliphatic hydroxyl groups excluding tert-OH is 1. The molecule has 0 spiro atoms. The van der Waals surface area contributed by atoms with Gasteiger partial charge >= 0.3 is 0 Å². The molecule has 0 bridgehead atoms. The van der Waals surface area contributed by atoms with Gasteiger partial charge in [-0.3, -0.25) is 4.68 Å².